The normalized spacial score (nSPS) is 17.1. The molecule has 2 aromatic heterocycles. The van der Waals surface area contributed by atoms with E-state index in [1.807, 2.05) is 0 Å². The van der Waals surface area contributed by atoms with Crippen LogP contribution in [0.3, 0.4) is 0 Å². The van der Waals surface area contributed by atoms with Crippen LogP contribution in [0.2, 0.25) is 0 Å². The van der Waals surface area contributed by atoms with Crippen LogP contribution >= 0.6 is 0 Å². The molecule has 2 saturated carbocycles. The van der Waals surface area contributed by atoms with Crippen LogP contribution in [-0.2, 0) is 35.2 Å². The van der Waals surface area contributed by atoms with E-state index >= 15 is 0 Å². The van der Waals surface area contributed by atoms with Crippen molar-refractivity contribution in [3.63, 3.8) is 0 Å². The Hall–Kier alpha value is -6.28. The van der Waals surface area contributed by atoms with Crippen LogP contribution in [0.25, 0.3) is 0 Å². The first-order valence-electron chi connectivity index (χ1n) is 23.2. The number of carbonyl (C=O) groups is 2. The average Bonchev–Trinajstić information content (AvgIpc) is 4.30. The minimum Gasteiger partial charge on any atom is -0.465 e. The number of aryl methyl sites for hydroxylation is 4. The van der Waals surface area contributed by atoms with Gasteiger partial charge >= 0.3 is 11.9 Å². The molecule has 10 rings (SSSR count). The van der Waals surface area contributed by atoms with Crippen molar-refractivity contribution in [2.45, 2.75) is 101 Å². The van der Waals surface area contributed by atoms with Gasteiger partial charge in [-0.1, -0.05) is 36.4 Å². The molecular weight excluding hydrogens is 793 g/mol. The topological polar surface area (TPSA) is 84.9 Å². The van der Waals surface area contributed by atoms with E-state index < -0.39 is 0 Å². The van der Waals surface area contributed by atoms with Gasteiger partial charge in [-0.2, -0.15) is 0 Å². The number of carbonyl (C=O) groups excluding carboxylic acids is 2. The fourth-order valence-electron chi connectivity index (χ4n) is 10.0. The first kappa shape index (κ1) is 43.0. The van der Waals surface area contributed by atoms with Crippen molar-refractivity contribution >= 4 is 34.7 Å². The summed E-state index contributed by atoms with van der Waals surface area (Å²) >= 11 is 0. The first-order valence-corrected chi connectivity index (χ1v) is 23.2. The summed E-state index contributed by atoms with van der Waals surface area (Å²) in [5, 5.41) is 0. The van der Waals surface area contributed by atoms with Crippen LogP contribution in [0.1, 0.15) is 140 Å². The Morgan fingerprint density at radius 3 is 1.30 bits per heavy atom. The predicted molar refractivity (Wildman–Crippen MR) is 256 cm³/mol. The number of benzene rings is 4. The molecule has 2 atom stereocenters. The summed E-state index contributed by atoms with van der Waals surface area (Å²) in [5.74, 6) is 2.06. The summed E-state index contributed by atoms with van der Waals surface area (Å²) in [4.78, 5) is 37.1. The van der Waals surface area contributed by atoms with Crippen molar-refractivity contribution in [1.82, 2.24) is 9.97 Å². The molecule has 2 fully saturated rings. The highest BCUT2D eigenvalue weighted by atomic mass is 16.5. The van der Waals surface area contributed by atoms with Crippen molar-refractivity contribution in [1.29, 1.82) is 0 Å². The predicted octanol–water partition coefficient (Wildman–Crippen LogP) is 12.4. The molecule has 0 spiro atoms. The standard InChI is InChI=1S/2C28H30N2O2/c2*1-30(24-11-9-20(10-12-24)19-3-4-19)25-13-14-26-21(5-7-22(26)17-25)6-8-23-18-29-16-15-27(23)28(31)32-2/h2*9-19,21H,3-8H2,1-2H3/t2*21-/m10/s1. The second-order valence-corrected chi connectivity index (χ2v) is 18.2. The molecule has 0 saturated heterocycles. The molecule has 8 heteroatoms. The van der Waals surface area contributed by atoms with Gasteiger partial charge in [0.1, 0.15) is 0 Å². The zero-order chi connectivity index (χ0) is 44.2. The van der Waals surface area contributed by atoms with E-state index in [0.29, 0.717) is 23.0 Å². The zero-order valence-electron chi connectivity index (χ0n) is 37.8. The van der Waals surface area contributed by atoms with Gasteiger partial charge in [-0.25, -0.2) is 9.59 Å². The summed E-state index contributed by atoms with van der Waals surface area (Å²) in [6.45, 7) is 0. The molecule has 4 aliphatic rings. The maximum atomic E-state index is 12.0. The van der Waals surface area contributed by atoms with Gasteiger partial charge in [0, 0.05) is 61.6 Å². The molecule has 8 nitrogen and oxygen atoms in total. The molecule has 0 N–H and O–H groups in total. The highest BCUT2D eigenvalue weighted by Gasteiger charge is 2.27. The van der Waals surface area contributed by atoms with Crippen LogP contribution in [0.4, 0.5) is 22.7 Å². The number of esters is 2. The number of hydrogen-bond acceptors (Lipinski definition) is 8. The van der Waals surface area contributed by atoms with Crippen LogP contribution in [-0.4, -0.2) is 50.2 Å². The Labute approximate surface area is 378 Å². The largest absolute Gasteiger partial charge is 0.465 e. The highest BCUT2D eigenvalue weighted by molar-refractivity contribution is 5.91. The number of fused-ring (bicyclic) bond motifs is 2. The first-order chi connectivity index (χ1) is 31.3. The molecule has 2 heterocycles. The number of hydrogen-bond donors (Lipinski definition) is 0. The lowest BCUT2D eigenvalue weighted by Crippen LogP contribution is -2.10. The maximum absolute atomic E-state index is 12.0. The van der Waals surface area contributed by atoms with Crippen molar-refractivity contribution in [3.05, 3.63) is 177 Å². The summed E-state index contributed by atoms with van der Waals surface area (Å²) < 4.78 is 9.85. The second-order valence-electron chi connectivity index (χ2n) is 18.2. The number of methoxy groups -OCH3 is 2. The SMILES string of the molecule is COC(=O)c1ccncc1CC[C@@H]1CCc2cc(N(C)c3ccc(C4CC4)cc3)ccc21.COC(=O)c1ccncc1CC[C@H]1CCc2cc(N(C)c3ccc(C4CC4)cc3)ccc21. The third kappa shape index (κ3) is 9.62. The summed E-state index contributed by atoms with van der Waals surface area (Å²) in [7, 11) is 7.15. The minimum atomic E-state index is -0.285. The van der Waals surface area contributed by atoms with Gasteiger partial charge < -0.3 is 19.3 Å². The molecule has 4 aliphatic carbocycles. The van der Waals surface area contributed by atoms with Gasteiger partial charge in [0.25, 0.3) is 0 Å². The summed E-state index contributed by atoms with van der Waals surface area (Å²) in [6.07, 6.45) is 20.5. The van der Waals surface area contributed by atoms with Gasteiger partial charge in [0.05, 0.1) is 25.3 Å². The van der Waals surface area contributed by atoms with Crippen molar-refractivity contribution in [2.24, 2.45) is 0 Å². The zero-order valence-corrected chi connectivity index (χ0v) is 37.8. The molecular formula is C56H60N4O4. The van der Waals surface area contributed by atoms with Gasteiger partial charge in [0.2, 0.25) is 0 Å². The number of nitrogens with zero attached hydrogens (tertiary/aromatic N) is 4. The third-order valence-electron chi connectivity index (χ3n) is 14.2. The molecule has 328 valence electrons. The van der Waals surface area contributed by atoms with Gasteiger partial charge in [-0.15, -0.1) is 0 Å². The van der Waals surface area contributed by atoms with Crippen LogP contribution in [0.5, 0.6) is 0 Å². The van der Waals surface area contributed by atoms with Gasteiger partial charge in [0.15, 0.2) is 0 Å². The van der Waals surface area contributed by atoms with Gasteiger partial charge in [-0.05, 0) is 206 Å². The second kappa shape index (κ2) is 19.2. The quantitative estimate of drug-likeness (QED) is 0.100. The van der Waals surface area contributed by atoms with E-state index in [9.17, 15) is 9.59 Å². The third-order valence-corrected chi connectivity index (χ3v) is 14.2. The molecule has 0 bridgehead atoms. The lowest BCUT2D eigenvalue weighted by atomic mass is 9.93. The van der Waals surface area contributed by atoms with Crippen molar-refractivity contribution in [2.75, 3.05) is 38.1 Å². The molecule has 64 heavy (non-hydrogen) atoms. The Bertz CT molecular complexity index is 2420. The van der Waals surface area contributed by atoms with E-state index in [2.05, 4.69) is 119 Å². The van der Waals surface area contributed by atoms with Crippen molar-refractivity contribution < 1.29 is 19.1 Å². The average molecular weight is 853 g/mol. The van der Waals surface area contributed by atoms with Crippen LogP contribution in [0.15, 0.2) is 122 Å². The number of ether oxygens (including phenoxy) is 2. The monoisotopic (exact) mass is 852 g/mol. The van der Waals surface area contributed by atoms with Crippen molar-refractivity contribution in [3.8, 4) is 0 Å². The molecule has 4 aromatic carbocycles. The molecule has 0 amide bonds. The summed E-state index contributed by atoms with van der Waals surface area (Å²) in [5.41, 5.74) is 16.9. The van der Waals surface area contributed by atoms with E-state index in [1.165, 1.54) is 96.0 Å². The van der Waals surface area contributed by atoms with E-state index in [1.54, 1.807) is 36.9 Å². The minimum absolute atomic E-state index is 0.285. The Morgan fingerprint density at radius 2 is 0.922 bits per heavy atom. The Morgan fingerprint density at radius 1 is 0.531 bits per heavy atom. The van der Waals surface area contributed by atoms with E-state index in [0.717, 1.165) is 74.3 Å². The van der Waals surface area contributed by atoms with E-state index in [-0.39, 0.29) is 11.9 Å². The molecule has 0 aliphatic heterocycles. The molecule has 0 unspecified atom stereocenters. The highest BCUT2D eigenvalue weighted by Crippen LogP contribution is 2.44. The molecule has 0 radical (unpaired) electrons. The fourth-order valence-corrected chi connectivity index (χ4v) is 10.0. The molecule has 6 aromatic rings. The van der Waals surface area contributed by atoms with Crippen LogP contribution in [0, 0.1) is 0 Å². The maximum Gasteiger partial charge on any atom is 0.338 e. The smallest absolute Gasteiger partial charge is 0.338 e. The van der Waals surface area contributed by atoms with Gasteiger partial charge in [-0.3, -0.25) is 9.97 Å². The number of aromatic nitrogens is 2. The van der Waals surface area contributed by atoms with E-state index in [4.69, 9.17) is 9.47 Å². The Kier molecular flexibility index (Phi) is 12.9. The van der Waals surface area contributed by atoms with Crippen LogP contribution < -0.4 is 9.80 Å². The number of rotatable bonds is 14. The summed E-state index contributed by atoms with van der Waals surface area (Å²) in [6, 6.07) is 35.5. The lowest BCUT2D eigenvalue weighted by molar-refractivity contribution is 0.0590. The lowest BCUT2D eigenvalue weighted by Gasteiger charge is -2.21. The fraction of sp³-hybridized carbons (Fsp3) is 0.357. The number of pyridine rings is 2. The number of anilines is 4. The Balaban J connectivity index is 0.000000162.